The fourth-order valence-corrected chi connectivity index (χ4v) is 3.84. The average molecular weight is 500 g/mol. The monoisotopic (exact) mass is 499 g/mol. The second-order valence-corrected chi connectivity index (χ2v) is 8.25. The maximum absolute atomic E-state index is 11.6. The summed E-state index contributed by atoms with van der Waals surface area (Å²) in [6.07, 6.45) is 2.26. The molecule has 0 aliphatic rings. The third-order valence-corrected chi connectivity index (χ3v) is 5.69. The summed E-state index contributed by atoms with van der Waals surface area (Å²) in [7, 11) is 0. The molecule has 0 aromatic heterocycles. The number of anilines is 1. The van der Waals surface area contributed by atoms with Gasteiger partial charge in [0, 0.05) is 22.7 Å². The van der Waals surface area contributed by atoms with Crippen molar-refractivity contribution < 1.29 is 14.3 Å². The predicted octanol–water partition coefficient (Wildman–Crippen LogP) is 5.54. The second-order valence-electron chi connectivity index (χ2n) is 7.40. The lowest BCUT2D eigenvalue weighted by atomic mass is 9.72. The molecule has 0 aliphatic heterocycles. The first-order chi connectivity index (χ1) is 16.3. The van der Waals surface area contributed by atoms with Gasteiger partial charge in [0.25, 0.3) is 0 Å². The maximum atomic E-state index is 11.6. The average Bonchev–Trinajstić information content (AvgIpc) is 2.81. The van der Waals surface area contributed by atoms with Gasteiger partial charge in [-0.3, -0.25) is 10.2 Å². The number of halogens is 2. The van der Waals surface area contributed by atoms with E-state index in [0.717, 1.165) is 18.4 Å². The summed E-state index contributed by atoms with van der Waals surface area (Å²) in [6, 6.07) is 16.5. The molecule has 2 aromatic rings. The third kappa shape index (κ3) is 6.71. The molecule has 0 heterocycles. The number of nitrogens with two attached hydrogens (primary N) is 1. The van der Waals surface area contributed by atoms with Crippen LogP contribution in [0.5, 0.6) is 0 Å². The Morgan fingerprint density at radius 3 is 2.50 bits per heavy atom. The summed E-state index contributed by atoms with van der Waals surface area (Å²) in [5, 5.41) is 24.2. The van der Waals surface area contributed by atoms with Crippen LogP contribution < -0.4 is 11.2 Å². The van der Waals surface area contributed by atoms with E-state index in [9.17, 15) is 14.9 Å². The molecule has 176 valence electrons. The molecule has 3 N–H and O–H groups in total. The van der Waals surface area contributed by atoms with Crippen LogP contribution >= 0.6 is 23.2 Å². The maximum Gasteiger partial charge on any atom is 0.412 e. The Bertz CT molecular complexity index is 1140. The van der Waals surface area contributed by atoms with Gasteiger partial charge in [-0.1, -0.05) is 61.2 Å². The fraction of sp³-hybridized carbons (Fsp3) is 0.292. The molecule has 0 aliphatic carbocycles. The molecular weight excluding hydrogens is 477 g/mol. The Balaban J connectivity index is 2.23. The van der Waals surface area contributed by atoms with Gasteiger partial charge in [0.1, 0.15) is 11.3 Å². The predicted molar refractivity (Wildman–Crippen MR) is 130 cm³/mol. The fourth-order valence-electron chi connectivity index (χ4n) is 3.37. The number of carbonyl (C=O) groups is 2. The Hall–Kier alpha value is -3.59. The smallest absolute Gasteiger partial charge is 0.375 e. The molecule has 2 rings (SSSR count). The molecule has 34 heavy (non-hydrogen) atoms. The van der Waals surface area contributed by atoms with E-state index in [4.69, 9.17) is 34.2 Å². The molecule has 0 fully saturated rings. The second kappa shape index (κ2) is 12.6. The molecule has 8 nitrogen and oxygen atoms in total. The zero-order chi connectivity index (χ0) is 25.1. The number of ether oxygens (including phenoxy) is 1. The van der Waals surface area contributed by atoms with Crippen LogP contribution in [0, 0.1) is 28.6 Å². The standard InChI is InChI=1S/C24H23Cl2N5O3/c1-2-3-11-24(15-28,17-4-6-18(25)7-5-17)20-9-8-19(13-21(20)26)31-30-12-10-16(14-27)22(32)34-23(29)33/h4-9,12-13,16,31H,2-3,10-11H2,1H3,(H2,29,33). The lowest BCUT2D eigenvalue weighted by molar-refractivity contribution is -0.139. The van der Waals surface area contributed by atoms with Crippen molar-refractivity contribution in [2.45, 2.75) is 38.0 Å². The molecular formula is C24H23Cl2N5O3. The van der Waals surface area contributed by atoms with Crippen molar-refractivity contribution in [1.82, 2.24) is 0 Å². The molecule has 2 aromatic carbocycles. The molecule has 0 spiro atoms. The first kappa shape index (κ1) is 26.7. The minimum atomic E-state index is -1.28. The highest BCUT2D eigenvalue weighted by Gasteiger charge is 2.36. The number of esters is 1. The quantitative estimate of drug-likeness (QED) is 0.190. The zero-order valence-electron chi connectivity index (χ0n) is 18.4. The van der Waals surface area contributed by atoms with Crippen LogP contribution in [0.25, 0.3) is 0 Å². The van der Waals surface area contributed by atoms with E-state index in [0.29, 0.717) is 27.7 Å². The Morgan fingerprint density at radius 2 is 1.94 bits per heavy atom. The molecule has 10 heteroatoms. The number of hydrogen-bond acceptors (Lipinski definition) is 7. The van der Waals surface area contributed by atoms with E-state index < -0.39 is 23.4 Å². The van der Waals surface area contributed by atoms with E-state index in [1.165, 1.54) is 6.21 Å². The van der Waals surface area contributed by atoms with Crippen LogP contribution in [0.2, 0.25) is 10.0 Å². The molecule has 0 radical (unpaired) electrons. The number of benzene rings is 2. The van der Waals surface area contributed by atoms with Crippen LogP contribution in [-0.4, -0.2) is 18.3 Å². The number of hydrazone groups is 1. The number of nitrogens with one attached hydrogen (secondary N) is 1. The van der Waals surface area contributed by atoms with Crippen LogP contribution in [0.4, 0.5) is 10.5 Å². The van der Waals surface area contributed by atoms with Crippen LogP contribution in [-0.2, 0) is 14.9 Å². The van der Waals surface area contributed by atoms with Crippen molar-refractivity contribution in [3.63, 3.8) is 0 Å². The van der Waals surface area contributed by atoms with E-state index in [-0.39, 0.29) is 6.42 Å². The van der Waals surface area contributed by atoms with Gasteiger partial charge in [-0.05, 0) is 41.8 Å². The summed E-state index contributed by atoms with van der Waals surface area (Å²) in [5.41, 5.74) is 8.61. The number of nitriles is 2. The first-order valence-electron chi connectivity index (χ1n) is 10.4. The summed E-state index contributed by atoms with van der Waals surface area (Å²) in [4.78, 5) is 22.2. The van der Waals surface area contributed by atoms with Gasteiger partial charge in [0.15, 0.2) is 0 Å². The largest absolute Gasteiger partial charge is 0.412 e. The van der Waals surface area contributed by atoms with Crippen molar-refractivity contribution >= 4 is 47.2 Å². The van der Waals surface area contributed by atoms with Gasteiger partial charge in [0.2, 0.25) is 0 Å². The lowest BCUT2D eigenvalue weighted by Gasteiger charge is -2.29. The Labute approximate surface area is 207 Å². The number of nitrogens with zero attached hydrogens (tertiary/aromatic N) is 3. The number of primary amides is 1. The summed E-state index contributed by atoms with van der Waals surface area (Å²) >= 11 is 12.7. The highest BCUT2D eigenvalue weighted by Crippen LogP contribution is 2.41. The SMILES string of the molecule is CCCCC(C#N)(c1ccc(Cl)cc1)c1ccc(NN=CCC(C#N)C(=O)OC(N)=O)cc1Cl. The first-order valence-corrected chi connectivity index (χ1v) is 11.2. The minimum absolute atomic E-state index is 0.0907. The van der Waals surface area contributed by atoms with E-state index in [1.807, 2.05) is 12.1 Å². The van der Waals surface area contributed by atoms with Crippen molar-refractivity contribution in [2.24, 2.45) is 16.8 Å². The van der Waals surface area contributed by atoms with Gasteiger partial charge in [-0.25, -0.2) is 4.79 Å². The highest BCUT2D eigenvalue weighted by atomic mass is 35.5. The van der Waals surface area contributed by atoms with Gasteiger partial charge in [-0.15, -0.1) is 0 Å². The molecule has 0 bridgehead atoms. The summed E-state index contributed by atoms with van der Waals surface area (Å²) < 4.78 is 4.21. The van der Waals surface area contributed by atoms with Gasteiger partial charge in [-0.2, -0.15) is 15.6 Å². The molecule has 0 saturated carbocycles. The number of rotatable bonds is 10. The molecule has 2 atom stereocenters. The summed E-state index contributed by atoms with van der Waals surface area (Å²) in [6.45, 7) is 2.06. The number of amides is 1. The minimum Gasteiger partial charge on any atom is -0.375 e. The lowest BCUT2D eigenvalue weighted by Crippen LogP contribution is -2.26. The topological polar surface area (TPSA) is 141 Å². The van der Waals surface area contributed by atoms with E-state index >= 15 is 0 Å². The molecule has 2 unspecified atom stereocenters. The van der Waals surface area contributed by atoms with Gasteiger partial charge < -0.3 is 10.5 Å². The summed E-state index contributed by atoms with van der Waals surface area (Å²) in [5.74, 6) is -2.27. The Morgan fingerprint density at radius 1 is 1.24 bits per heavy atom. The van der Waals surface area contributed by atoms with Crippen molar-refractivity contribution in [3.8, 4) is 12.1 Å². The van der Waals surface area contributed by atoms with E-state index in [1.54, 1.807) is 36.4 Å². The van der Waals surface area contributed by atoms with Crippen LogP contribution in [0.15, 0.2) is 47.6 Å². The van der Waals surface area contributed by atoms with Gasteiger partial charge in [0.05, 0.1) is 17.8 Å². The van der Waals surface area contributed by atoms with Crippen molar-refractivity contribution in [1.29, 1.82) is 10.5 Å². The number of hydrogen-bond donors (Lipinski definition) is 2. The molecule has 0 saturated heterocycles. The van der Waals surface area contributed by atoms with Crippen molar-refractivity contribution in [2.75, 3.05) is 5.43 Å². The number of carbonyl (C=O) groups excluding carboxylic acids is 2. The van der Waals surface area contributed by atoms with Gasteiger partial charge >= 0.3 is 12.1 Å². The highest BCUT2D eigenvalue weighted by molar-refractivity contribution is 6.32. The number of unbranched alkanes of at least 4 members (excludes halogenated alkanes) is 1. The zero-order valence-corrected chi connectivity index (χ0v) is 19.9. The van der Waals surface area contributed by atoms with E-state index in [2.05, 4.69) is 28.3 Å². The Kier molecular flexibility index (Phi) is 9.88. The molecule has 1 amide bonds. The van der Waals surface area contributed by atoms with Crippen molar-refractivity contribution in [3.05, 3.63) is 63.6 Å². The van der Waals surface area contributed by atoms with Crippen LogP contribution in [0.3, 0.4) is 0 Å². The normalized spacial score (nSPS) is 13.3. The third-order valence-electron chi connectivity index (χ3n) is 5.13. The van der Waals surface area contributed by atoms with Crippen LogP contribution in [0.1, 0.15) is 43.7 Å².